The van der Waals surface area contributed by atoms with Gasteiger partial charge in [-0.1, -0.05) is 12.1 Å². The van der Waals surface area contributed by atoms with Crippen molar-refractivity contribution >= 4 is 40.5 Å². The van der Waals surface area contributed by atoms with E-state index in [1.54, 1.807) is 54.7 Å². The fourth-order valence-electron chi connectivity index (χ4n) is 4.30. The first-order valence-corrected chi connectivity index (χ1v) is 13.1. The third-order valence-corrected chi connectivity index (χ3v) is 6.42. The van der Waals surface area contributed by atoms with E-state index in [1.165, 1.54) is 0 Å². The molecule has 0 saturated carbocycles. The van der Waals surface area contributed by atoms with Crippen molar-refractivity contribution in [1.82, 2.24) is 29.6 Å². The van der Waals surface area contributed by atoms with E-state index >= 15 is 0 Å². The number of nitrogens with zero attached hydrogens (tertiary/aromatic N) is 5. The molecule has 0 saturated heterocycles. The zero-order chi connectivity index (χ0) is 28.9. The second-order valence-corrected chi connectivity index (χ2v) is 9.76. The minimum absolute atomic E-state index is 0.141. The number of pyridine rings is 1. The first-order chi connectivity index (χ1) is 19.8. The van der Waals surface area contributed by atoms with Gasteiger partial charge in [0.05, 0.1) is 28.5 Å². The number of nitrogens with two attached hydrogens (primary N) is 1. The van der Waals surface area contributed by atoms with Crippen LogP contribution in [0.25, 0.3) is 17.0 Å². The number of nitrogens with one attached hydrogen (secondary N) is 3. The SMILES string of the molecule is Cc1nc2cc(C(=O)NCCN(C)C)ccn2c1-c1ccnc(Nc2ccc(C(=O)Nc3ccccc3N)cc2)n1. The number of imidazole rings is 1. The van der Waals surface area contributed by atoms with E-state index in [-0.39, 0.29) is 11.8 Å². The predicted octanol–water partition coefficient (Wildman–Crippen LogP) is 3.97. The third-order valence-electron chi connectivity index (χ3n) is 6.42. The highest BCUT2D eigenvalue weighted by molar-refractivity contribution is 6.05. The normalized spacial score (nSPS) is 11.0. The molecule has 3 heterocycles. The van der Waals surface area contributed by atoms with E-state index < -0.39 is 0 Å². The fraction of sp³-hybridized carbons (Fsp3) is 0.167. The van der Waals surface area contributed by atoms with Crippen molar-refractivity contribution in [2.75, 3.05) is 43.6 Å². The molecule has 0 aliphatic carbocycles. The molecular formula is C30H31N9O2. The van der Waals surface area contributed by atoms with Crippen molar-refractivity contribution in [2.24, 2.45) is 0 Å². The summed E-state index contributed by atoms with van der Waals surface area (Å²) in [5.41, 5.74) is 11.6. The molecular weight excluding hydrogens is 518 g/mol. The van der Waals surface area contributed by atoms with Crippen LogP contribution in [0.4, 0.5) is 23.0 Å². The molecule has 5 N–H and O–H groups in total. The highest BCUT2D eigenvalue weighted by atomic mass is 16.2. The van der Waals surface area contributed by atoms with Gasteiger partial charge in [0.2, 0.25) is 5.95 Å². The number of carbonyl (C=O) groups is 2. The van der Waals surface area contributed by atoms with Gasteiger partial charge in [-0.2, -0.15) is 0 Å². The number of hydrogen-bond donors (Lipinski definition) is 4. The Morgan fingerprint density at radius 3 is 2.49 bits per heavy atom. The van der Waals surface area contributed by atoms with Crippen molar-refractivity contribution in [3.05, 3.63) is 95.9 Å². The maximum absolute atomic E-state index is 12.6. The van der Waals surface area contributed by atoms with Gasteiger partial charge in [0.1, 0.15) is 5.65 Å². The van der Waals surface area contributed by atoms with Crippen molar-refractivity contribution in [2.45, 2.75) is 6.92 Å². The standard InChI is InChI=1S/C30H31N9O2/c1-19-27(39-16-13-21(18-26(39)34-19)28(40)32-15-17-38(2)3)25-12-14-33-30(37-25)35-22-10-8-20(9-11-22)29(41)36-24-7-5-4-6-23(24)31/h4-14,16,18H,15,17,31H2,1-3H3,(H,32,40)(H,36,41)(H,33,35,37). The van der Waals surface area contributed by atoms with Gasteiger partial charge >= 0.3 is 0 Å². The minimum Gasteiger partial charge on any atom is -0.397 e. The van der Waals surface area contributed by atoms with Crippen LogP contribution in [0.1, 0.15) is 26.4 Å². The van der Waals surface area contributed by atoms with Gasteiger partial charge < -0.3 is 26.6 Å². The zero-order valence-electron chi connectivity index (χ0n) is 23.0. The largest absolute Gasteiger partial charge is 0.397 e. The smallest absolute Gasteiger partial charge is 0.255 e. The van der Waals surface area contributed by atoms with Crippen molar-refractivity contribution in [3.8, 4) is 11.4 Å². The number of hydrogen-bond acceptors (Lipinski definition) is 8. The lowest BCUT2D eigenvalue weighted by Gasteiger charge is -2.11. The Morgan fingerprint density at radius 1 is 0.951 bits per heavy atom. The third kappa shape index (κ3) is 6.31. The molecule has 0 unspecified atom stereocenters. The molecule has 2 aromatic carbocycles. The van der Waals surface area contributed by atoms with Crippen LogP contribution in [0.5, 0.6) is 0 Å². The first kappa shape index (κ1) is 27.3. The molecule has 0 fully saturated rings. The quantitative estimate of drug-likeness (QED) is 0.202. The zero-order valence-corrected chi connectivity index (χ0v) is 23.0. The van der Waals surface area contributed by atoms with E-state index in [4.69, 9.17) is 10.7 Å². The number of rotatable bonds is 9. The first-order valence-electron chi connectivity index (χ1n) is 13.1. The Hall–Kier alpha value is -5.29. The summed E-state index contributed by atoms with van der Waals surface area (Å²) in [5.74, 6) is -0.00856. The Labute approximate surface area is 237 Å². The molecule has 2 amide bonds. The van der Waals surface area contributed by atoms with Crippen molar-refractivity contribution < 1.29 is 9.59 Å². The molecule has 0 bridgehead atoms. The average Bonchev–Trinajstić information content (AvgIpc) is 3.29. The molecule has 0 spiro atoms. The second kappa shape index (κ2) is 11.8. The summed E-state index contributed by atoms with van der Waals surface area (Å²) in [7, 11) is 3.92. The lowest BCUT2D eigenvalue weighted by molar-refractivity contribution is 0.0950. The van der Waals surface area contributed by atoms with Crippen LogP contribution in [0.3, 0.4) is 0 Å². The topological polar surface area (TPSA) is 143 Å². The molecule has 0 aliphatic rings. The maximum atomic E-state index is 12.6. The monoisotopic (exact) mass is 549 g/mol. The maximum Gasteiger partial charge on any atom is 0.255 e. The van der Waals surface area contributed by atoms with Gasteiger partial charge in [-0.25, -0.2) is 15.0 Å². The summed E-state index contributed by atoms with van der Waals surface area (Å²) in [5, 5.41) is 8.94. The van der Waals surface area contributed by atoms with Gasteiger partial charge in [0.25, 0.3) is 11.8 Å². The number of fused-ring (bicyclic) bond motifs is 1. The van der Waals surface area contributed by atoms with E-state index in [9.17, 15) is 9.59 Å². The number of amides is 2. The number of carbonyl (C=O) groups excluding carboxylic acids is 2. The number of benzene rings is 2. The summed E-state index contributed by atoms with van der Waals surface area (Å²) in [6.07, 6.45) is 3.50. The number of para-hydroxylation sites is 2. The van der Waals surface area contributed by atoms with Crippen LogP contribution in [-0.4, -0.2) is 63.3 Å². The fourth-order valence-corrected chi connectivity index (χ4v) is 4.30. The van der Waals surface area contributed by atoms with E-state index in [0.29, 0.717) is 46.3 Å². The highest BCUT2D eigenvalue weighted by Crippen LogP contribution is 2.25. The van der Waals surface area contributed by atoms with E-state index in [2.05, 4.69) is 25.9 Å². The highest BCUT2D eigenvalue weighted by Gasteiger charge is 2.16. The minimum atomic E-state index is -0.259. The molecule has 41 heavy (non-hydrogen) atoms. The summed E-state index contributed by atoms with van der Waals surface area (Å²) in [6, 6.07) is 19.4. The van der Waals surface area contributed by atoms with E-state index in [0.717, 1.165) is 23.6 Å². The van der Waals surface area contributed by atoms with Crippen molar-refractivity contribution in [3.63, 3.8) is 0 Å². The van der Waals surface area contributed by atoms with Crippen LogP contribution in [0.2, 0.25) is 0 Å². The molecule has 5 rings (SSSR count). The Bertz CT molecular complexity index is 1710. The van der Waals surface area contributed by atoms with Gasteiger partial charge in [-0.05, 0) is 75.6 Å². The Kier molecular flexibility index (Phi) is 7.88. The van der Waals surface area contributed by atoms with Gasteiger partial charge in [-0.3, -0.25) is 14.0 Å². The van der Waals surface area contributed by atoms with Crippen LogP contribution in [0, 0.1) is 6.92 Å². The molecule has 0 radical (unpaired) electrons. The molecule has 11 heteroatoms. The average molecular weight is 550 g/mol. The Balaban J connectivity index is 1.30. The molecule has 0 atom stereocenters. The van der Waals surface area contributed by atoms with Crippen LogP contribution >= 0.6 is 0 Å². The second-order valence-electron chi connectivity index (χ2n) is 9.76. The summed E-state index contributed by atoms with van der Waals surface area (Å²) in [4.78, 5) is 40.9. The number of aromatic nitrogens is 4. The molecule has 3 aromatic heterocycles. The predicted molar refractivity (Wildman–Crippen MR) is 160 cm³/mol. The molecule has 11 nitrogen and oxygen atoms in total. The van der Waals surface area contributed by atoms with Gasteiger partial charge in [0, 0.05) is 42.3 Å². The van der Waals surface area contributed by atoms with Gasteiger partial charge in [0.15, 0.2) is 0 Å². The number of likely N-dealkylation sites (N-methyl/N-ethyl adjacent to an activating group) is 1. The van der Waals surface area contributed by atoms with Gasteiger partial charge in [-0.15, -0.1) is 0 Å². The lowest BCUT2D eigenvalue weighted by Crippen LogP contribution is -2.31. The number of nitrogen functional groups attached to an aromatic ring is 1. The van der Waals surface area contributed by atoms with Crippen LogP contribution in [0.15, 0.2) is 79.1 Å². The van der Waals surface area contributed by atoms with Crippen molar-refractivity contribution in [1.29, 1.82) is 0 Å². The van der Waals surface area contributed by atoms with E-state index in [1.807, 2.05) is 54.7 Å². The lowest BCUT2D eigenvalue weighted by atomic mass is 10.2. The van der Waals surface area contributed by atoms with Crippen LogP contribution < -0.4 is 21.7 Å². The molecule has 208 valence electrons. The molecule has 5 aromatic rings. The number of aryl methyl sites for hydroxylation is 1. The van der Waals surface area contributed by atoms with Crippen LogP contribution in [-0.2, 0) is 0 Å². The summed E-state index contributed by atoms with van der Waals surface area (Å²) < 4.78 is 1.91. The summed E-state index contributed by atoms with van der Waals surface area (Å²) >= 11 is 0. The number of anilines is 4. The molecule has 0 aliphatic heterocycles. The summed E-state index contributed by atoms with van der Waals surface area (Å²) in [6.45, 7) is 3.22. The Morgan fingerprint density at radius 2 is 1.73 bits per heavy atom.